The van der Waals surface area contributed by atoms with Gasteiger partial charge < -0.3 is 9.84 Å². The van der Waals surface area contributed by atoms with Crippen molar-refractivity contribution in [2.24, 2.45) is 0 Å². The predicted octanol–water partition coefficient (Wildman–Crippen LogP) is 1.35. The number of hydrogen-bond acceptors (Lipinski definition) is 7. The number of aryl methyl sites for hydroxylation is 2. The number of aliphatic hydroxyl groups is 1. The highest BCUT2D eigenvalue weighted by Crippen LogP contribution is 2.27. The number of aromatic nitrogens is 5. The standard InChI is InChI=1S/C18H14F3N5O4/c1-9-5-12(24-25-7-10(2)22-15(9)25)11-6-14(27)26-13(23-11)3-4-17(26,29)16(28)30-8-18(19,20)21/h3-7,29H,8H2,1-2H3. The molecule has 1 N–H and O–H groups in total. The molecule has 0 saturated carbocycles. The number of halogens is 3. The lowest BCUT2D eigenvalue weighted by atomic mass is 10.2. The summed E-state index contributed by atoms with van der Waals surface area (Å²) in [4.78, 5) is 33.2. The van der Waals surface area contributed by atoms with E-state index in [0.717, 1.165) is 29.5 Å². The maximum Gasteiger partial charge on any atom is 0.422 e. The highest BCUT2D eigenvalue weighted by Gasteiger charge is 2.45. The van der Waals surface area contributed by atoms with Crippen LogP contribution in [0.5, 0.6) is 0 Å². The second-order valence-electron chi connectivity index (χ2n) is 6.79. The van der Waals surface area contributed by atoms with Crippen molar-refractivity contribution in [3.63, 3.8) is 0 Å². The normalized spacial score (nSPS) is 18.1. The molecule has 12 heteroatoms. The number of imidazole rings is 1. The number of carbonyl (C=O) groups is 1. The highest BCUT2D eigenvalue weighted by atomic mass is 19.4. The molecule has 0 saturated heterocycles. The van der Waals surface area contributed by atoms with Gasteiger partial charge in [0.2, 0.25) is 0 Å². The molecule has 9 nitrogen and oxygen atoms in total. The Kier molecular flexibility index (Phi) is 4.27. The number of rotatable bonds is 3. The summed E-state index contributed by atoms with van der Waals surface area (Å²) in [5.74, 6) is -1.78. The second-order valence-corrected chi connectivity index (χ2v) is 6.79. The molecule has 0 fully saturated rings. The van der Waals surface area contributed by atoms with Crippen molar-refractivity contribution in [1.82, 2.24) is 24.1 Å². The van der Waals surface area contributed by atoms with Crippen LogP contribution in [0.3, 0.4) is 0 Å². The highest BCUT2D eigenvalue weighted by molar-refractivity contribution is 5.82. The van der Waals surface area contributed by atoms with Gasteiger partial charge in [-0.25, -0.2) is 23.8 Å². The van der Waals surface area contributed by atoms with Gasteiger partial charge in [0.05, 0.1) is 17.6 Å². The molecular formula is C18H14F3N5O4. The van der Waals surface area contributed by atoms with E-state index in [-0.39, 0.29) is 11.5 Å². The Morgan fingerprint density at radius 3 is 2.67 bits per heavy atom. The van der Waals surface area contributed by atoms with Crippen LogP contribution in [0.4, 0.5) is 13.2 Å². The topological polar surface area (TPSA) is 112 Å². The van der Waals surface area contributed by atoms with Gasteiger partial charge in [-0.2, -0.15) is 18.3 Å². The summed E-state index contributed by atoms with van der Waals surface area (Å²) in [6.07, 6.45) is -1.09. The molecule has 3 aromatic heterocycles. The van der Waals surface area contributed by atoms with E-state index in [4.69, 9.17) is 0 Å². The third kappa shape index (κ3) is 3.24. The first kappa shape index (κ1) is 19.8. The van der Waals surface area contributed by atoms with Crippen LogP contribution < -0.4 is 5.56 Å². The van der Waals surface area contributed by atoms with Gasteiger partial charge in [-0.05, 0) is 37.6 Å². The number of nitrogens with zero attached hydrogens (tertiary/aromatic N) is 5. The fourth-order valence-electron chi connectivity index (χ4n) is 3.13. The van der Waals surface area contributed by atoms with E-state index >= 15 is 0 Å². The lowest BCUT2D eigenvalue weighted by Gasteiger charge is -2.22. The molecule has 0 bridgehead atoms. The van der Waals surface area contributed by atoms with E-state index in [1.807, 2.05) is 6.92 Å². The molecule has 0 aromatic carbocycles. The van der Waals surface area contributed by atoms with E-state index in [2.05, 4.69) is 19.8 Å². The zero-order chi connectivity index (χ0) is 21.8. The van der Waals surface area contributed by atoms with Gasteiger partial charge in [-0.1, -0.05) is 0 Å². The predicted molar refractivity (Wildman–Crippen MR) is 96.2 cm³/mol. The summed E-state index contributed by atoms with van der Waals surface area (Å²) < 4.78 is 43.2. The van der Waals surface area contributed by atoms with Crippen molar-refractivity contribution in [3.8, 4) is 11.4 Å². The van der Waals surface area contributed by atoms with Crippen molar-refractivity contribution in [2.75, 3.05) is 6.61 Å². The summed E-state index contributed by atoms with van der Waals surface area (Å²) in [6.45, 7) is 1.71. The number of ether oxygens (including phenoxy) is 1. The third-order valence-electron chi connectivity index (χ3n) is 4.41. The van der Waals surface area contributed by atoms with Crippen molar-refractivity contribution in [1.29, 1.82) is 0 Å². The van der Waals surface area contributed by atoms with Crippen LogP contribution in [0.25, 0.3) is 23.1 Å². The Morgan fingerprint density at radius 2 is 1.97 bits per heavy atom. The molecule has 4 heterocycles. The van der Waals surface area contributed by atoms with Crippen molar-refractivity contribution < 1.29 is 27.8 Å². The molecule has 1 aliphatic rings. The number of hydrogen-bond donors (Lipinski definition) is 1. The molecule has 156 valence electrons. The van der Waals surface area contributed by atoms with E-state index in [0.29, 0.717) is 15.9 Å². The summed E-state index contributed by atoms with van der Waals surface area (Å²) >= 11 is 0. The average molecular weight is 421 g/mol. The van der Waals surface area contributed by atoms with E-state index in [1.54, 1.807) is 19.2 Å². The van der Waals surface area contributed by atoms with Crippen LogP contribution in [-0.4, -0.2) is 48.0 Å². The van der Waals surface area contributed by atoms with Gasteiger partial charge >= 0.3 is 12.1 Å². The van der Waals surface area contributed by atoms with E-state index in [9.17, 15) is 27.9 Å². The molecule has 1 atom stereocenters. The Bertz CT molecular complexity index is 1280. The number of fused-ring (bicyclic) bond motifs is 2. The van der Waals surface area contributed by atoms with Gasteiger partial charge in [0.25, 0.3) is 11.3 Å². The molecule has 1 aliphatic heterocycles. The molecule has 0 radical (unpaired) electrons. The summed E-state index contributed by atoms with van der Waals surface area (Å²) in [7, 11) is 0. The fraction of sp³-hybridized carbons (Fsp3) is 0.278. The summed E-state index contributed by atoms with van der Waals surface area (Å²) in [5, 5.41) is 14.9. The second kappa shape index (κ2) is 6.49. The van der Waals surface area contributed by atoms with Crippen LogP contribution in [0.15, 0.2) is 29.2 Å². The molecule has 4 rings (SSSR count). The van der Waals surface area contributed by atoms with Crippen molar-refractivity contribution in [2.45, 2.75) is 25.7 Å². The SMILES string of the molecule is Cc1cn2nc(-c3cc(=O)n4c(n3)C=CC4(O)C(=O)OCC(F)(F)F)cc(C)c2n1. The average Bonchev–Trinajstić information content (AvgIpc) is 3.20. The first-order valence-electron chi connectivity index (χ1n) is 8.62. The molecular weight excluding hydrogens is 407 g/mol. The monoisotopic (exact) mass is 421 g/mol. The zero-order valence-corrected chi connectivity index (χ0v) is 15.6. The minimum atomic E-state index is -4.78. The molecule has 0 aliphatic carbocycles. The maximum atomic E-state index is 12.6. The number of carbonyl (C=O) groups excluding carboxylic acids is 1. The Labute approximate surface area is 166 Å². The first-order chi connectivity index (χ1) is 14.0. The van der Waals surface area contributed by atoms with E-state index < -0.39 is 30.0 Å². The summed E-state index contributed by atoms with van der Waals surface area (Å²) in [5.41, 5.74) is -0.948. The van der Waals surface area contributed by atoms with Gasteiger partial charge in [0, 0.05) is 6.07 Å². The zero-order valence-electron chi connectivity index (χ0n) is 15.6. The van der Waals surface area contributed by atoms with Crippen LogP contribution in [0.2, 0.25) is 0 Å². The Balaban J connectivity index is 1.74. The molecule has 3 aromatic rings. The van der Waals surface area contributed by atoms with Gasteiger partial charge in [0.1, 0.15) is 11.5 Å². The maximum absolute atomic E-state index is 12.6. The van der Waals surface area contributed by atoms with Gasteiger partial charge in [-0.15, -0.1) is 0 Å². The Hall–Kier alpha value is -3.54. The summed E-state index contributed by atoms with van der Waals surface area (Å²) in [6, 6.07) is 2.69. The fourth-order valence-corrected chi connectivity index (χ4v) is 3.13. The van der Waals surface area contributed by atoms with Crippen molar-refractivity contribution in [3.05, 3.63) is 51.8 Å². The molecule has 30 heavy (non-hydrogen) atoms. The minimum absolute atomic E-state index is 0.134. The Morgan fingerprint density at radius 1 is 1.23 bits per heavy atom. The molecule has 1 unspecified atom stereocenters. The quantitative estimate of drug-likeness (QED) is 0.636. The van der Waals surface area contributed by atoms with Crippen LogP contribution >= 0.6 is 0 Å². The van der Waals surface area contributed by atoms with Gasteiger partial charge in [0.15, 0.2) is 12.3 Å². The van der Waals surface area contributed by atoms with Crippen molar-refractivity contribution >= 4 is 17.7 Å². The van der Waals surface area contributed by atoms with Crippen LogP contribution in [0.1, 0.15) is 17.1 Å². The molecule has 0 amide bonds. The minimum Gasteiger partial charge on any atom is -0.452 e. The lowest BCUT2D eigenvalue weighted by molar-refractivity contribution is -0.201. The number of esters is 1. The first-order valence-corrected chi connectivity index (χ1v) is 8.62. The lowest BCUT2D eigenvalue weighted by Crippen LogP contribution is -2.46. The molecule has 0 spiro atoms. The smallest absolute Gasteiger partial charge is 0.422 e. The van der Waals surface area contributed by atoms with Crippen LogP contribution in [0, 0.1) is 13.8 Å². The van der Waals surface area contributed by atoms with Gasteiger partial charge in [-0.3, -0.25) is 4.79 Å². The van der Waals surface area contributed by atoms with Crippen LogP contribution in [-0.2, 0) is 15.3 Å². The third-order valence-corrected chi connectivity index (χ3v) is 4.41. The largest absolute Gasteiger partial charge is 0.452 e. The van der Waals surface area contributed by atoms with E-state index in [1.165, 1.54) is 4.52 Å². The number of alkyl halides is 3.